The number of aromatic nitrogens is 3. The summed E-state index contributed by atoms with van der Waals surface area (Å²) >= 11 is 0. The van der Waals surface area contributed by atoms with Crippen molar-refractivity contribution in [1.29, 1.82) is 0 Å². The summed E-state index contributed by atoms with van der Waals surface area (Å²) in [5.41, 5.74) is -0.992. The maximum absolute atomic E-state index is 12.7. The minimum absolute atomic E-state index is 0.0725. The van der Waals surface area contributed by atoms with Crippen LogP contribution in [0.1, 0.15) is 16.2 Å². The molecule has 0 aliphatic rings. The Morgan fingerprint density at radius 2 is 1.96 bits per heavy atom. The van der Waals surface area contributed by atoms with E-state index >= 15 is 0 Å². The molecule has 122 valence electrons. The molecule has 2 aromatic rings. The summed E-state index contributed by atoms with van der Waals surface area (Å²) in [4.78, 5) is 22.3. The van der Waals surface area contributed by atoms with Gasteiger partial charge in [-0.05, 0) is 12.1 Å². The molecule has 10 heteroatoms. The van der Waals surface area contributed by atoms with Gasteiger partial charge in [-0.2, -0.15) is 13.2 Å². The number of pyridine rings is 1. The van der Waals surface area contributed by atoms with Crippen LogP contribution < -0.4 is 10.1 Å². The van der Waals surface area contributed by atoms with Crippen molar-refractivity contribution in [3.63, 3.8) is 0 Å². The van der Waals surface area contributed by atoms with Gasteiger partial charge in [0.25, 0.3) is 5.91 Å². The lowest BCUT2D eigenvalue weighted by atomic mass is 10.2. The number of carbonyl (C=O) groups excluding carboxylic acids is 1. The van der Waals surface area contributed by atoms with Crippen molar-refractivity contribution in [3.8, 4) is 11.6 Å². The van der Waals surface area contributed by atoms with Gasteiger partial charge in [0.15, 0.2) is 5.75 Å². The molecule has 0 spiro atoms. The van der Waals surface area contributed by atoms with E-state index in [1.165, 1.54) is 6.20 Å². The number of hydrogen-bond acceptors (Lipinski definition) is 6. The molecule has 0 radical (unpaired) electrons. The molecule has 23 heavy (non-hydrogen) atoms. The molecular weight excluding hydrogens is 317 g/mol. The Labute approximate surface area is 128 Å². The number of nitrogens with one attached hydrogen (secondary N) is 1. The van der Waals surface area contributed by atoms with Crippen LogP contribution in [0, 0.1) is 0 Å². The van der Waals surface area contributed by atoms with E-state index in [2.05, 4.69) is 20.3 Å². The predicted molar refractivity (Wildman–Crippen MR) is 70.8 cm³/mol. The summed E-state index contributed by atoms with van der Waals surface area (Å²) in [5.74, 6) is -1.59. The van der Waals surface area contributed by atoms with Crippen LogP contribution >= 0.6 is 0 Å². The number of rotatable bonds is 5. The van der Waals surface area contributed by atoms with Gasteiger partial charge in [-0.1, -0.05) is 0 Å². The lowest BCUT2D eigenvalue weighted by Gasteiger charge is -2.12. The van der Waals surface area contributed by atoms with Gasteiger partial charge in [-0.3, -0.25) is 4.79 Å². The van der Waals surface area contributed by atoms with Crippen molar-refractivity contribution in [2.24, 2.45) is 0 Å². The van der Waals surface area contributed by atoms with Crippen LogP contribution in [0.3, 0.4) is 0 Å². The first kappa shape index (κ1) is 16.5. The molecule has 2 heterocycles. The number of nitrogens with zero attached hydrogens (tertiary/aromatic N) is 3. The first-order chi connectivity index (χ1) is 10.9. The Morgan fingerprint density at radius 1 is 1.26 bits per heavy atom. The average Bonchev–Trinajstić information content (AvgIpc) is 2.51. The number of ether oxygens (including phenoxy) is 1. The molecule has 2 rings (SSSR count). The molecule has 0 bridgehead atoms. The summed E-state index contributed by atoms with van der Waals surface area (Å²) in [6.07, 6.45) is -1.32. The standard InChI is InChI=1S/C13H11F3N4O3/c14-13(15,16)9-2-1-3-18-12(9)23-5-4-17-11(22)10-19-6-8(21)7-20-10/h1-3,6-7,21H,4-5H2,(H,17,22). The van der Waals surface area contributed by atoms with Crippen LogP contribution in [0.2, 0.25) is 0 Å². The predicted octanol–water partition coefficient (Wildman–Crippen LogP) is 1.40. The van der Waals surface area contributed by atoms with E-state index in [1.54, 1.807) is 0 Å². The lowest BCUT2D eigenvalue weighted by molar-refractivity contribution is -0.139. The molecule has 0 aliphatic heterocycles. The van der Waals surface area contributed by atoms with Gasteiger partial charge in [0.1, 0.15) is 12.2 Å². The topological polar surface area (TPSA) is 97.2 Å². The summed E-state index contributed by atoms with van der Waals surface area (Å²) in [5, 5.41) is 11.4. The molecular formula is C13H11F3N4O3. The number of halogens is 3. The zero-order chi connectivity index (χ0) is 16.9. The maximum Gasteiger partial charge on any atom is 0.421 e. The maximum atomic E-state index is 12.7. The second-order valence-electron chi connectivity index (χ2n) is 4.22. The average molecular weight is 328 g/mol. The van der Waals surface area contributed by atoms with E-state index in [0.29, 0.717) is 0 Å². The van der Waals surface area contributed by atoms with Crippen LogP contribution in [0.4, 0.5) is 13.2 Å². The van der Waals surface area contributed by atoms with E-state index in [0.717, 1.165) is 24.5 Å². The minimum Gasteiger partial charge on any atom is -0.505 e. The van der Waals surface area contributed by atoms with Crippen molar-refractivity contribution in [2.45, 2.75) is 6.18 Å². The largest absolute Gasteiger partial charge is 0.505 e. The second kappa shape index (κ2) is 6.90. The Kier molecular flexibility index (Phi) is 4.94. The number of alkyl halides is 3. The van der Waals surface area contributed by atoms with Crippen LogP contribution in [0.25, 0.3) is 0 Å². The van der Waals surface area contributed by atoms with Crippen LogP contribution in [-0.4, -0.2) is 39.1 Å². The van der Waals surface area contributed by atoms with Gasteiger partial charge in [0.05, 0.1) is 18.9 Å². The monoisotopic (exact) mass is 328 g/mol. The number of carbonyl (C=O) groups is 1. The lowest BCUT2D eigenvalue weighted by Crippen LogP contribution is -2.29. The van der Waals surface area contributed by atoms with E-state index in [9.17, 15) is 18.0 Å². The van der Waals surface area contributed by atoms with Gasteiger partial charge < -0.3 is 15.2 Å². The fraction of sp³-hybridized carbons (Fsp3) is 0.231. The number of hydrogen-bond donors (Lipinski definition) is 2. The van der Waals surface area contributed by atoms with Crippen LogP contribution in [0.5, 0.6) is 11.6 Å². The van der Waals surface area contributed by atoms with E-state index < -0.39 is 23.5 Å². The van der Waals surface area contributed by atoms with Gasteiger partial charge in [-0.15, -0.1) is 0 Å². The van der Waals surface area contributed by atoms with Gasteiger partial charge in [-0.25, -0.2) is 15.0 Å². The molecule has 0 saturated heterocycles. The fourth-order valence-corrected chi connectivity index (χ4v) is 1.55. The van der Waals surface area contributed by atoms with Crippen molar-refractivity contribution < 1.29 is 27.8 Å². The highest BCUT2D eigenvalue weighted by Gasteiger charge is 2.34. The van der Waals surface area contributed by atoms with Crippen molar-refractivity contribution >= 4 is 5.91 Å². The molecule has 0 aromatic carbocycles. The molecule has 1 amide bonds. The third-order valence-electron chi connectivity index (χ3n) is 2.54. The summed E-state index contributed by atoms with van der Waals surface area (Å²) in [6, 6.07) is 2.00. The molecule has 0 atom stereocenters. The summed E-state index contributed by atoms with van der Waals surface area (Å²) in [6.45, 7) is -0.291. The van der Waals surface area contributed by atoms with Crippen molar-refractivity contribution in [3.05, 3.63) is 42.1 Å². The quantitative estimate of drug-likeness (QED) is 0.806. The Hall–Kier alpha value is -2.91. The van der Waals surface area contributed by atoms with E-state index in [4.69, 9.17) is 9.84 Å². The fourth-order valence-electron chi connectivity index (χ4n) is 1.55. The highest BCUT2D eigenvalue weighted by atomic mass is 19.4. The highest BCUT2D eigenvalue weighted by molar-refractivity contribution is 5.90. The Morgan fingerprint density at radius 3 is 2.61 bits per heavy atom. The normalized spacial score (nSPS) is 11.1. The zero-order valence-electron chi connectivity index (χ0n) is 11.5. The SMILES string of the molecule is O=C(NCCOc1ncccc1C(F)(F)F)c1ncc(O)cn1. The molecule has 7 nitrogen and oxygen atoms in total. The first-order valence-corrected chi connectivity index (χ1v) is 6.32. The number of amides is 1. The minimum atomic E-state index is -4.58. The Bertz CT molecular complexity index is 677. The van der Waals surface area contributed by atoms with Crippen LogP contribution in [-0.2, 0) is 6.18 Å². The smallest absolute Gasteiger partial charge is 0.421 e. The van der Waals surface area contributed by atoms with Gasteiger partial charge in [0.2, 0.25) is 11.7 Å². The molecule has 2 aromatic heterocycles. The second-order valence-corrected chi connectivity index (χ2v) is 4.22. The zero-order valence-corrected chi connectivity index (χ0v) is 11.5. The van der Waals surface area contributed by atoms with E-state index in [1.807, 2.05) is 0 Å². The Balaban J connectivity index is 1.86. The molecule has 0 fully saturated rings. The highest BCUT2D eigenvalue weighted by Crippen LogP contribution is 2.34. The molecule has 2 N–H and O–H groups in total. The third-order valence-corrected chi connectivity index (χ3v) is 2.54. The summed E-state index contributed by atoms with van der Waals surface area (Å²) < 4.78 is 43.1. The van der Waals surface area contributed by atoms with Crippen LogP contribution in [0.15, 0.2) is 30.7 Å². The van der Waals surface area contributed by atoms with Gasteiger partial charge in [0, 0.05) is 6.20 Å². The van der Waals surface area contributed by atoms with Gasteiger partial charge >= 0.3 is 6.18 Å². The molecule has 0 aliphatic carbocycles. The van der Waals surface area contributed by atoms with E-state index in [-0.39, 0.29) is 24.7 Å². The molecule has 0 saturated carbocycles. The summed E-state index contributed by atoms with van der Waals surface area (Å²) in [7, 11) is 0. The van der Waals surface area contributed by atoms with Crippen molar-refractivity contribution in [2.75, 3.05) is 13.2 Å². The van der Waals surface area contributed by atoms with Crippen molar-refractivity contribution in [1.82, 2.24) is 20.3 Å². The molecule has 0 unspecified atom stereocenters. The first-order valence-electron chi connectivity index (χ1n) is 6.32. The number of aromatic hydroxyl groups is 1. The third kappa shape index (κ3) is 4.53.